The number of carbonyl (C=O) groups excluding carboxylic acids is 3. The molecule has 1 N–H and O–H groups in total. The molecular weight excluding hydrogens is 778 g/mol. The van der Waals surface area contributed by atoms with Crippen molar-refractivity contribution in [1.29, 1.82) is 0 Å². The van der Waals surface area contributed by atoms with Gasteiger partial charge in [-0.3, -0.25) is 24.4 Å². The molecule has 0 spiro atoms. The van der Waals surface area contributed by atoms with Gasteiger partial charge in [0.05, 0.1) is 57.5 Å². The van der Waals surface area contributed by atoms with E-state index in [2.05, 4.69) is 0 Å². The van der Waals surface area contributed by atoms with Gasteiger partial charge in [-0.05, 0) is 31.0 Å². The second-order valence-corrected chi connectivity index (χ2v) is 11.0. The second kappa shape index (κ2) is 25.9. The Balaban J connectivity index is 0.0000115. The Labute approximate surface area is 313 Å². The molecule has 1 fully saturated rings. The maximum absolute atomic E-state index is 11.8. The van der Waals surface area contributed by atoms with E-state index in [-0.39, 0.29) is 92.3 Å². The van der Waals surface area contributed by atoms with Crippen LogP contribution < -0.4 is 20.1 Å². The first-order valence-corrected chi connectivity index (χ1v) is 15.7. The fraction of sp³-hybridized carbons (Fsp3) is 0.677. The minimum absolute atomic E-state index is 0. The SMILES string of the molecule is CCOCCOCCOCCOc1ccc(C[C@H]2CN(CC(=O)[O-])CCN(CC(=O)[O-])CCN(CC(=O)O)CCN2CC(=O)[O-])cc1.[Gd+3]. The molecule has 2 rings (SSSR count). The van der Waals surface area contributed by atoms with Crippen LogP contribution in [0.1, 0.15) is 12.5 Å². The number of carboxylic acid groups (broad SMARTS) is 4. The number of hydrogen-bond acceptors (Lipinski definition) is 15. The number of benzene rings is 1. The molecule has 0 unspecified atom stereocenters. The zero-order valence-corrected chi connectivity index (χ0v) is 29.7. The van der Waals surface area contributed by atoms with Crippen LogP contribution in [0.25, 0.3) is 0 Å². The second-order valence-electron chi connectivity index (χ2n) is 11.0. The Morgan fingerprint density at radius 1 is 0.688 bits per heavy atom. The zero-order chi connectivity index (χ0) is 34.4. The number of nitrogens with zero attached hydrogens (tertiary/aromatic N) is 4. The van der Waals surface area contributed by atoms with Crippen LogP contribution in [0.3, 0.4) is 0 Å². The first kappa shape index (κ1) is 44.0. The van der Waals surface area contributed by atoms with Gasteiger partial charge in [0.2, 0.25) is 0 Å². The molecule has 48 heavy (non-hydrogen) atoms. The van der Waals surface area contributed by atoms with Gasteiger partial charge >= 0.3 is 45.9 Å². The number of carbonyl (C=O) groups is 4. The molecule has 1 saturated heterocycles. The zero-order valence-electron chi connectivity index (χ0n) is 27.4. The van der Waals surface area contributed by atoms with Gasteiger partial charge in [-0.1, -0.05) is 12.1 Å². The smallest absolute Gasteiger partial charge is 0.549 e. The Hall–Kier alpha value is -2.06. The van der Waals surface area contributed by atoms with Crippen molar-refractivity contribution in [3.05, 3.63) is 29.8 Å². The first-order chi connectivity index (χ1) is 22.5. The number of ether oxygens (including phenoxy) is 4. The van der Waals surface area contributed by atoms with Crippen molar-refractivity contribution < 1.29 is 98.5 Å². The summed E-state index contributed by atoms with van der Waals surface area (Å²) >= 11 is 0. The molecule has 1 aliphatic heterocycles. The summed E-state index contributed by atoms with van der Waals surface area (Å²) in [4.78, 5) is 52.7. The fourth-order valence-corrected chi connectivity index (χ4v) is 5.13. The predicted octanol–water partition coefficient (Wildman–Crippen LogP) is -4.40. The number of aliphatic carboxylic acids is 4. The van der Waals surface area contributed by atoms with Crippen LogP contribution >= 0.6 is 0 Å². The van der Waals surface area contributed by atoms with Crippen LogP contribution in [0.4, 0.5) is 0 Å². The molecule has 271 valence electrons. The molecule has 0 aliphatic carbocycles. The molecule has 0 saturated carbocycles. The van der Waals surface area contributed by atoms with Crippen LogP contribution in [0, 0.1) is 39.9 Å². The molecule has 16 nitrogen and oxygen atoms in total. The number of rotatable bonds is 21. The predicted molar refractivity (Wildman–Crippen MR) is 161 cm³/mol. The van der Waals surface area contributed by atoms with Gasteiger partial charge in [-0.25, -0.2) is 0 Å². The summed E-state index contributed by atoms with van der Waals surface area (Å²) < 4.78 is 21.8. The molecule has 1 atom stereocenters. The third-order valence-electron chi connectivity index (χ3n) is 7.39. The normalized spacial score (nSPS) is 17.5. The minimum Gasteiger partial charge on any atom is -0.549 e. The van der Waals surface area contributed by atoms with Crippen molar-refractivity contribution in [2.24, 2.45) is 0 Å². The maximum Gasteiger partial charge on any atom is 3.00 e. The van der Waals surface area contributed by atoms with E-state index >= 15 is 0 Å². The summed E-state index contributed by atoms with van der Waals surface area (Å²) in [5.74, 6) is -4.46. The van der Waals surface area contributed by atoms with E-state index in [1.807, 2.05) is 19.1 Å². The number of carboxylic acids is 4. The third-order valence-corrected chi connectivity index (χ3v) is 7.39. The van der Waals surface area contributed by atoms with Crippen molar-refractivity contribution in [2.45, 2.75) is 19.4 Å². The largest absolute Gasteiger partial charge is 3.00 e. The summed E-state index contributed by atoms with van der Waals surface area (Å²) in [6.07, 6.45) is 0.325. The van der Waals surface area contributed by atoms with E-state index in [0.29, 0.717) is 58.4 Å². The minimum atomic E-state index is -1.33. The summed E-state index contributed by atoms with van der Waals surface area (Å²) in [6.45, 7) is 4.64. The molecule has 1 aliphatic rings. The standard InChI is InChI=1S/C31H50N4O12.Gd/c1-2-44-13-14-45-15-16-46-17-18-47-27-5-3-25(4-6-27)19-26-20-34(23-30(40)41)10-9-32(21-28(36)37)7-8-33(22-29(38)39)11-12-35(26)24-31(42)43;/h3-6,26H,2,7-24H2,1H3,(H,36,37)(H,38,39)(H,40,41)(H,42,43);/q;+3/p-3/t26-;/m0./s1. The Kier molecular flexibility index (Phi) is 23.7. The summed E-state index contributed by atoms with van der Waals surface area (Å²) in [7, 11) is 0. The van der Waals surface area contributed by atoms with Gasteiger partial charge in [0.25, 0.3) is 0 Å². The Bertz CT molecular complexity index is 1080. The average Bonchev–Trinajstić information content (AvgIpc) is 3.00. The van der Waals surface area contributed by atoms with Gasteiger partial charge < -0.3 is 53.8 Å². The summed E-state index contributed by atoms with van der Waals surface area (Å²) in [6, 6.07) is 6.68. The van der Waals surface area contributed by atoms with Crippen molar-refractivity contribution in [3.63, 3.8) is 0 Å². The van der Waals surface area contributed by atoms with Crippen molar-refractivity contribution in [3.8, 4) is 5.75 Å². The van der Waals surface area contributed by atoms with Crippen molar-refractivity contribution >= 4 is 23.9 Å². The van der Waals surface area contributed by atoms with E-state index in [1.54, 1.807) is 31.7 Å². The third kappa shape index (κ3) is 20.5. The molecule has 0 amide bonds. The van der Waals surface area contributed by atoms with Crippen LogP contribution in [0.2, 0.25) is 0 Å². The molecule has 1 aromatic rings. The van der Waals surface area contributed by atoms with E-state index in [1.165, 1.54) is 0 Å². The fourth-order valence-electron chi connectivity index (χ4n) is 5.13. The van der Waals surface area contributed by atoms with Crippen molar-refractivity contribution in [1.82, 2.24) is 19.6 Å². The Morgan fingerprint density at radius 3 is 1.71 bits per heavy atom. The molecular formula is C31H47GdN4O12. The van der Waals surface area contributed by atoms with Crippen LogP contribution in [-0.2, 0) is 39.8 Å². The summed E-state index contributed by atoms with van der Waals surface area (Å²) in [5, 5.41) is 44.2. The quantitative estimate of drug-likeness (QED) is 0.116. The van der Waals surface area contributed by atoms with Gasteiger partial charge in [-0.2, -0.15) is 0 Å². The number of hydrogen-bond donors (Lipinski definition) is 1. The molecule has 1 heterocycles. The molecule has 1 radical (unpaired) electrons. The molecule has 1 aromatic carbocycles. The Morgan fingerprint density at radius 2 is 1.17 bits per heavy atom. The van der Waals surface area contributed by atoms with Gasteiger partial charge in [-0.15, -0.1) is 0 Å². The molecule has 0 bridgehead atoms. The van der Waals surface area contributed by atoms with E-state index < -0.39 is 49.6 Å². The van der Waals surface area contributed by atoms with E-state index in [0.717, 1.165) is 5.56 Å². The van der Waals surface area contributed by atoms with Gasteiger partial charge in [0.1, 0.15) is 12.4 Å². The average molecular weight is 825 g/mol. The van der Waals surface area contributed by atoms with E-state index in [4.69, 9.17) is 18.9 Å². The van der Waals surface area contributed by atoms with Gasteiger partial charge in [0.15, 0.2) is 0 Å². The van der Waals surface area contributed by atoms with E-state index in [9.17, 15) is 39.6 Å². The monoisotopic (exact) mass is 825 g/mol. The molecule has 17 heteroatoms. The van der Waals surface area contributed by atoms with Crippen molar-refractivity contribution in [2.75, 3.05) is 118 Å². The van der Waals surface area contributed by atoms with Gasteiger partial charge in [0, 0.05) is 78.1 Å². The summed E-state index contributed by atoms with van der Waals surface area (Å²) in [5.41, 5.74) is 0.826. The topological polar surface area (TPSA) is 208 Å². The maximum atomic E-state index is 11.8. The van der Waals surface area contributed by atoms with Crippen LogP contribution in [0.15, 0.2) is 24.3 Å². The van der Waals surface area contributed by atoms with Crippen LogP contribution in [-0.4, -0.2) is 173 Å². The molecule has 0 aromatic heterocycles. The van der Waals surface area contributed by atoms with Crippen LogP contribution in [0.5, 0.6) is 5.75 Å². The first-order valence-electron chi connectivity index (χ1n) is 15.7.